The number of carbonyl (C=O) groups is 5. The molecule has 1 aromatic rings. The third-order valence-corrected chi connectivity index (χ3v) is 4.04. The lowest BCUT2D eigenvalue weighted by Gasteiger charge is -2.35. The summed E-state index contributed by atoms with van der Waals surface area (Å²) in [6.07, 6.45) is -5.74. The van der Waals surface area contributed by atoms with Crippen molar-refractivity contribution in [1.82, 2.24) is 0 Å². The second-order valence-electron chi connectivity index (χ2n) is 7.13. The van der Waals surface area contributed by atoms with Gasteiger partial charge in [0.25, 0.3) is 0 Å². The van der Waals surface area contributed by atoms with Crippen molar-refractivity contribution in [2.75, 3.05) is 18.9 Å². The van der Waals surface area contributed by atoms with E-state index in [4.69, 9.17) is 34.2 Å². The van der Waals surface area contributed by atoms with Gasteiger partial charge in [0.05, 0.1) is 0 Å². The Morgan fingerprint density at radius 2 is 1.06 bits per heavy atom. The second-order valence-corrected chi connectivity index (χ2v) is 7.13. The molecule has 0 aromatic heterocycles. The van der Waals surface area contributed by atoms with E-state index in [0.29, 0.717) is 11.4 Å². The molecule has 1 aromatic carbocycles. The molecule has 188 valence electrons. The van der Waals surface area contributed by atoms with Gasteiger partial charge < -0.3 is 34.2 Å². The Bertz CT molecular complexity index is 868. The first-order chi connectivity index (χ1) is 15.9. The van der Waals surface area contributed by atoms with E-state index in [2.05, 4.69) is 0 Å². The van der Waals surface area contributed by atoms with E-state index in [1.807, 2.05) is 0 Å². The van der Waals surface area contributed by atoms with Crippen molar-refractivity contribution in [2.45, 2.75) is 59.0 Å². The van der Waals surface area contributed by atoms with Gasteiger partial charge in [0.2, 0.25) is 0 Å². The van der Waals surface area contributed by atoms with E-state index < -0.39 is 60.9 Å². The number of hydrogen-bond acceptors (Lipinski definition) is 12. The fourth-order valence-electron chi connectivity index (χ4n) is 2.85. The van der Waals surface area contributed by atoms with Crippen LogP contribution >= 0.6 is 0 Å². The average Bonchev–Trinajstić information content (AvgIpc) is 2.71. The zero-order chi connectivity index (χ0) is 25.8. The van der Waals surface area contributed by atoms with Crippen molar-refractivity contribution in [3.8, 4) is 5.75 Å². The number of benzene rings is 1. The first-order valence-electron chi connectivity index (χ1n) is 10.2. The molecule has 4 atom stereocenters. The van der Waals surface area contributed by atoms with Gasteiger partial charge in [-0.2, -0.15) is 0 Å². The highest BCUT2D eigenvalue weighted by Crippen LogP contribution is 2.22. The highest BCUT2D eigenvalue weighted by Gasteiger charge is 2.44. The Hall–Kier alpha value is -3.83. The Morgan fingerprint density at radius 3 is 1.44 bits per heavy atom. The minimum atomic E-state index is -1.52. The van der Waals surface area contributed by atoms with E-state index in [1.165, 1.54) is 0 Å². The zero-order valence-corrected chi connectivity index (χ0v) is 19.6. The lowest BCUT2D eigenvalue weighted by Crippen LogP contribution is -2.54. The topological polar surface area (TPSA) is 167 Å². The Kier molecular flexibility index (Phi) is 11.3. The van der Waals surface area contributed by atoms with Crippen LogP contribution in [-0.2, 0) is 47.7 Å². The van der Waals surface area contributed by atoms with Crippen molar-refractivity contribution in [3.63, 3.8) is 0 Å². The highest BCUT2D eigenvalue weighted by molar-refractivity contribution is 5.69. The van der Waals surface area contributed by atoms with E-state index in [9.17, 15) is 24.0 Å². The maximum atomic E-state index is 11.9. The standard InChI is InChI=1S/C22H29NO11/c1-12(24)29-10-19(31-13(2)25)21(33-15(4)27)22(34-16(5)28)20(32-14(3)26)11-30-18-8-6-17(23)7-9-18/h6-9,19-22H,10-11,23H2,1-5H3/t19-,20+,21+,22-/m0/s1. The maximum Gasteiger partial charge on any atom is 0.303 e. The number of ether oxygens (including phenoxy) is 6. The van der Waals surface area contributed by atoms with Gasteiger partial charge in [-0.05, 0) is 24.3 Å². The van der Waals surface area contributed by atoms with E-state index in [-0.39, 0.29) is 6.61 Å². The van der Waals surface area contributed by atoms with Crippen molar-refractivity contribution in [1.29, 1.82) is 0 Å². The molecule has 12 nitrogen and oxygen atoms in total. The van der Waals surface area contributed by atoms with Crippen molar-refractivity contribution < 1.29 is 52.4 Å². The molecule has 0 fully saturated rings. The summed E-state index contributed by atoms with van der Waals surface area (Å²) in [6.45, 7) is 4.59. The van der Waals surface area contributed by atoms with Gasteiger partial charge in [0.1, 0.15) is 19.0 Å². The lowest BCUT2D eigenvalue weighted by molar-refractivity contribution is -0.204. The molecule has 0 unspecified atom stereocenters. The van der Waals surface area contributed by atoms with E-state index >= 15 is 0 Å². The molecule has 1 rings (SSSR count). The molecule has 0 aliphatic heterocycles. The molecule has 0 radical (unpaired) electrons. The summed E-state index contributed by atoms with van der Waals surface area (Å²) < 4.78 is 31.7. The fourth-order valence-corrected chi connectivity index (χ4v) is 2.85. The Labute approximate surface area is 196 Å². The predicted octanol–water partition coefficient (Wildman–Crippen LogP) is 0.938. The van der Waals surface area contributed by atoms with Gasteiger partial charge in [-0.25, -0.2) is 0 Å². The highest BCUT2D eigenvalue weighted by atomic mass is 16.6. The zero-order valence-electron chi connectivity index (χ0n) is 19.6. The summed E-state index contributed by atoms with van der Waals surface area (Å²) in [5, 5.41) is 0. The Morgan fingerprint density at radius 1 is 0.647 bits per heavy atom. The molecule has 34 heavy (non-hydrogen) atoms. The second kappa shape index (κ2) is 13.7. The molecule has 0 heterocycles. The van der Waals surface area contributed by atoms with Crippen LogP contribution in [0, 0.1) is 0 Å². The van der Waals surface area contributed by atoms with E-state index in [0.717, 1.165) is 34.6 Å². The predicted molar refractivity (Wildman–Crippen MR) is 115 cm³/mol. The lowest BCUT2D eigenvalue weighted by atomic mass is 10.0. The summed E-state index contributed by atoms with van der Waals surface area (Å²) in [7, 11) is 0. The molecule has 0 saturated carbocycles. The molecule has 0 aliphatic rings. The van der Waals surface area contributed by atoms with Crippen LogP contribution in [0.15, 0.2) is 24.3 Å². The van der Waals surface area contributed by atoms with Crippen LogP contribution in [0.4, 0.5) is 5.69 Å². The first kappa shape index (κ1) is 28.2. The van der Waals surface area contributed by atoms with Gasteiger partial charge in [0, 0.05) is 40.3 Å². The summed E-state index contributed by atoms with van der Waals surface area (Å²) in [5.74, 6) is -3.55. The van der Waals surface area contributed by atoms with Gasteiger partial charge in [-0.15, -0.1) is 0 Å². The molecule has 0 amide bonds. The Balaban J connectivity index is 3.37. The molecule has 0 aliphatic carbocycles. The number of nitrogens with two attached hydrogens (primary N) is 1. The molecular formula is C22H29NO11. The molecule has 0 saturated heterocycles. The molecule has 12 heteroatoms. The summed E-state index contributed by atoms with van der Waals surface area (Å²) in [6, 6.07) is 6.29. The van der Waals surface area contributed by atoms with Gasteiger partial charge >= 0.3 is 29.8 Å². The third-order valence-electron chi connectivity index (χ3n) is 4.04. The van der Waals surface area contributed by atoms with Crippen molar-refractivity contribution in [3.05, 3.63) is 24.3 Å². The number of esters is 5. The third kappa shape index (κ3) is 10.7. The van der Waals surface area contributed by atoms with Crippen LogP contribution in [0.3, 0.4) is 0 Å². The van der Waals surface area contributed by atoms with Crippen molar-refractivity contribution in [2.24, 2.45) is 0 Å². The summed E-state index contributed by atoms with van der Waals surface area (Å²) in [4.78, 5) is 58.6. The molecule has 0 spiro atoms. The maximum absolute atomic E-state index is 11.9. The van der Waals surface area contributed by atoms with Crippen LogP contribution in [0.2, 0.25) is 0 Å². The smallest absolute Gasteiger partial charge is 0.303 e. The normalized spacial score (nSPS) is 13.9. The first-order valence-corrected chi connectivity index (χ1v) is 10.2. The van der Waals surface area contributed by atoms with Crippen LogP contribution in [-0.4, -0.2) is 67.5 Å². The number of nitrogen functional groups attached to an aromatic ring is 1. The van der Waals surface area contributed by atoms with Gasteiger partial charge in [0.15, 0.2) is 24.4 Å². The molecule has 2 N–H and O–H groups in total. The van der Waals surface area contributed by atoms with Crippen LogP contribution in [0.1, 0.15) is 34.6 Å². The fraction of sp³-hybridized carbons (Fsp3) is 0.500. The van der Waals surface area contributed by atoms with Gasteiger partial charge in [-0.3, -0.25) is 24.0 Å². The monoisotopic (exact) mass is 483 g/mol. The molecular weight excluding hydrogens is 454 g/mol. The summed E-state index contributed by atoms with van der Waals surface area (Å²) >= 11 is 0. The largest absolute Gasteiger partial charge is 0.490 e. The number of carbonyl (C=O) groups excluding carboxylic acids is 5. The van der Waals surface area contributed by atoms with Crippen LogP contribution in [0.5, 0.6) is 5.75 Å². The minimum absolute atomic E-state index is 0.348. The van der Waals surface area contributed by atoms with Crippen LogP contribution in [0.25, 0.3) is 0 Å². The number of anilines is 1. The van der Waals surface area contributed by atoms with Crippen LogP contribution < -0.4 is 10.5 Å². The molecule has 0 bridgehead atoms. The minimum Gasteiger partial charge on any atom is -0.490 e. The quantitative estimate of drug-likeness (QED) is 0.254. The van der Waals surface area contributed by atoms with Gasteiger partial charge in [-0.1, -0.05) is 0 Å². The van der Waals surface area contributed by atoms with Crippen molar-refractivity contribution >= 4 is 35.5 Å². The SMILES string of the molecule is CC(=O)OC[C@H](OC(C)=O)[C@@H](OC(C)=O)[C@@H](OC(C)=O)[C@@H](COc1ccc(N)cc1)OC(C)=O. The summed E-state index contributed by atoms with van der Waals surface area (Å²) in [5.41, 5.74) is 6.14. The van der Waals surface area contributed by atoms with E-state index in [1.54, 1.807) is 24.3 Å². The number of hydrogen-bond donors (Lipinski definition) is 1. The number of rotatable bonds is 12. The average molecular weight is 483 g/mol.